The molecule has 1 aliphatic carbocycles. The third-order valence-corrected chi connectivity index (χ3v) is 10.3. The van der Waals surface area contributed by atoms with Crippen LogP contribution in [-0.4, -0.2) is 97.6 Å². The fourth-order valence-electron chi connectivity index (χ4n) is 6.52. The molecular formula is C42H57BF3N3O6. The average molecular weight is 768 g/mol. The first kappa shape index (κ1) is 43.8. The quantitative estimate of drug-likeness (QED) is 0.114. The van der Waals surface area contributed by atoms with Gasteiger partial charge >= 0.3 is 19.4 Å². The lowest BCUT2D eigenvalue weighted by Crippen LogP contribution is -2.41. The zero-order valence-electron chi connectivity index (χ0n) is 34.2. The van der Waals surface area contributed by atoms with Crippen LogP contribution in [0.2, 0.25) is 0 Å². The number of hydrogen-bond donors (Lipinski definition) is 0. The number of likely N-dealkylation sites (N-methyl/N-ethyl adjacent to an activating group) is 1. The van der Waals surface area contributed by atoms with E-state index in [1.165, 1.54) is 11.1 Å². The molecule has 1 aliphatic heterocycles. The van der Waals surface area contributed by atoms with Crippen molar-refractivity contribution in [3.8, 4) is 5.88 Å². The van der Waals surface area contributed by atoms with Gasteiger partial charge in [0.05, 0.1) is 24.2 Å². The molecular weight excluding hydrogens is 710 g/mol. The van der Waals surface area contributed by atoms with Gasteiger partial charge in [-0.2, -0.15) is 13.2 Å². The molecule has 9 nitrogen and oxygen atoms in total. The molecule has 4 rings (SSSR count). The monoisotopic (exact) mass is 767 g/mol. The molecule has 1 fully saturated rings. The number of allylic oxidation sites excluding steroid dienone is 3. The number of benzene rings is 1. The highest BCUT2D eigenvalue weighted by molar-refractivity contribution is 6.56. The highest BCUT2D eigenvalue weighted by Gasteiger charge is 2.54. The van der Waals surface area contributed by atoms with Crippen molar-refractivity contribution in [1.29, 1.82) is 0 Å². The Balaban J connectivity index is 1.73. The molecule has 1 aromatic heterocycles. The average Bonchev–Trinajstić information content (AvgIpc) is 3.21. The Hall–Kier alpha value is -3.94. The highest BCUT2D eigenvalue weighted by atomic mass is 19.4. The summed E-state index contributed by atoms with van der Waals surface area (Å²) in [5.74, 6) is 0.201. The predicted molar refractivity (Wildman–Crippen MR) is 210 cm³/mol. The van der Waals surface area contributed by atoms with Gasteiger partial charge in [-0.25, -0.2) is 9.78 Å². The van der Waals surface area contributed by atoms with Crippen LogP contribution < -0.4 is 4.74 Å². The van der Waals surface area contributed by atoms with Crippen LogP contribution in [0.4, 0.5) is 18.0 Å². The van der Waals surface area contributed by atoms with E-state index in [1.807, 2.05) is 77.9 Å². The van der Waals surface area contributed by atoms with E-state index >= 15 is 0 Å². The lowest BCUT2D eigenvalue weighted by molar-refractivity contribution is -0.126. The van der Waals surface area contributed by atoms with Gasteiger partial charge in [0, 0.05) is 30.9 Å². The largest absolute Gasteiger partial charge is 0.491 e. The molecule has 13 heteroatoms. The van der Waals surface area contributed by atoms with Gasteiger partial charge < -0.3 is 28.6 Å². The predicted octanol–water partition coefficient (Wildman–Crippen LogP) is 8.63. The standard InChI is InChI=1S/C42H57BF3N3O6/c1-28-22-31-14-12-13-15-32(31)23-34(29(28)2)37(35(24-42(44,45)46)43-54-40(6,7)41(8,9)55-43)33-16-17-36(47-25-33)52-21-20-49(38(51)53-39(3,4)5)19-18-30(27-50)26-48(10)11/h12-18,23,25,27-29H,19-22,24,26H2,1-11H3/b30-18-,37-35+. The first-order valence-corrected chi connectivity index (χ1v) is 18.8. The van der Waals surface area contributed by atoms with Gasteiger partial charge in [-0.1, -0.05) is 50.3 Å². The number of halogens is 3. The number of amides is 1. The Bertz CT molecular complexity index is 1750. The van der Waals surface area contributed by atoms with Gasteiger partial charge in [-0.3, -0.25) is 4.79 Å². The van der Waals surface area contributed by atoms with Crippen molar-refractivity contribution >= 4 is 31.1 Å². The lowest BCUT2D eigenvalue weighted by atomic mass is 9.68. The summed E-state index contributed by atoms with van der Waals surface area (Å²) < 4.78 is 68.0. The second kappa shape index (κ2) is 17.5. The molecule has 2 heterocycles. The van der Waals surface area contributed by atoms with Crippen molar-refractivity contribution in [3.05, 3.63) is 82.0 Å². The van der Waals surface area contributed by atoms with Gasteiger partial charge in [0.15, 0.2) is 0 Å². The first-order chi connectivity index (χ1) is 25.5. The summed E-state index contributed by atoms with van der Waals surface area (Å²) in [6.45, 7) is 17.4. The van der Waals surface area contributed by atoms with Gasteiger partial charge in [0.25, 0.3) is 0 Å². The Morgan fingerprint density at radius 1 is 1.04 bits per heavy atom. The summed E-state index contributed by atoms with van der Waals surface area (Å²) in [4.78, 5) is 32.6. The van der Waals surface area contributed by atoms with Crippen molar-refractivity contribution in [2.24, 2.45) is 11.8 Å². The summed E-state index contributed by atoms with van der Waals surface area (Å²) in [6, 6.07) is 11.3. The zero-order valence-corrected chi connectivity index (χ0v) is 34.2. The van der Waals surface area contributed by atoms with Crippen LogP contribution in [0.1, 0.15) is 85.4 Å². The molecule has 55 heavy (non-hydrogen) atoms. The maximum absolute atomic E-state index is 14.6. The van der Waals surface area contributed by atoms with Crippen LogP contribution >= 0.6 is 0 Å². The highest BCUT2D eigenvalue weighted by Crippen LogP contribution is 2.47. The minimum atomic E-state index is -4.56. The molecule has 1 aromatic carbocycles. The third kappa shape index (κ3) is 11.8. The topological polar surface area (TPSA) is 90.4 Å². The number of aromatic nitrogens is 1. The molecule has 300 valence electrons. The van der Waals surface area contributed by atoms with Crippen LogP contribution in [0, 0.1) is 11.8 Å². The summed E-state index contributed by atoms with van der Waals surface area (Å²) in [5, 5.41) is 0. The number of ether oxygens (including phenoxy) is 2. The fourth-order valence-corrected chi connectivity index (χ4v) is 6.52. The van der Waals surface area contributed by atoms with E-state index in [0.717, 1.165) is 29.4 Å². The van der Waals surface area contributed by atoms with E-state index in [1.54, 1.807) is 39.0 Å². The maximum Gasteiger partial charge on any atom is 0.491 e. The molecule has 2 aromatic rings. The number of fused-ring (bicyclic) bond motifs is 1. The number of aldehydes is 1. The first-order valence-electron chi connectivity index (χ1n) is 18.8. The minimum Gasteiger partial charge on any atom is -0.476 e. The molecule has 0 N–H and O–H groups in total. The maximum atomic E-state index is 14.6. The van der Waals surface area contributed by atoms with E-state index in [2.05, 4.69) is 18.0 Å². The molecule has 0 spiro atoms. The Kier molecular flexibility index (Phi) is 13.9. The number of hydrogen-bond acceptors (Lipinski definition) is 8. The van der Waals surface area contributed by atoms with Crippen LogP contribution in [0.3, 0.4) is 0 Å². The summed E-state index contributed by atoms with van der Waals surface area (Å²) >= 11 is 0. The number of pyridine rings is 1. The number of rotatable bonds is 13. The van der Waals surface area contributed by atoms with Gasteiger partial charge in [0.1, 0.15) is 18.5 Å². The van der Waals surface area contributed by atoms with Crippen molar-refractivity contribution in [1.82, 2.24) is 14.8 Å². The van der Waals surface area contributed by atoms with Gasteiger partial charge in [-0.15, -0.1) is 0 Å². The fraction of sp³-hybridized carbons (Fsp3) is 0.548. The molecule has 1 saturated heterocycles. The van der Waals surface area contributed by atoms with E-state index < -0.39 is 42.6 Å². The van der Waals surface area contributed by atoms with Gasteiger partial charge in [-0.05, 0) is 120 Å². The number of carbonyl (C=O) groups is 2. The molecule has 2 unspecified atom stereocenters. The SMILES string of the molecule is CC1Cc2ccccc2C=C(/C(=C(\CC(F)(F)F)B2OC(C)(C)C(C)(C)O2)c2ccc(OCCN(C/C=C(\C=O)CN(C)C)C(=O)OC(C)(C)C)nc2)C1C. The Labute approximate surface area is 325 Å². The third-order valence-electron chi connectivity index (χ3n) is 10.3. The van der Waals surface area contributed by atoms with Crippen LogP contribution in [0.25, 0.3) is 11.6 Å². The van der Waals surface area contributed by atoms with Crippen molar-refractivity contribution in [3.63, 3.8) is 0 Å². The molecule has 1 amide bonds. The van der Waals surface area contributed by atoms with Crippen molar-refractivity contribution in [2.45, 2.75) is 98.1 Å². The van der Waals surface area contributed by atoms with Crippen molar-refractivity contribution < 1.29 is 41.5 Å². The molecule has 0 bridgehead atoms. The summed E-state index contributed by atoms with van der Waals surface area (Å²) in [7, 11) is 2.43. The van der Waals surface area contributed by atoms with Gasteiger partial charge in [0.2, 0.25) is 5.88 Å². The minimum absolute atomic E-state index is 0.0173. The molecule has 2 atom stereocenters. The van der Waals surface area contributed by atoms with Crippen LogP contribution in [-0.2, 0) is 25.3 Å². The Morgan fingerprint density at radius 3 is 2.25 bits per heavy atom. The van der Waals surface area contributed by atoms with E-state index in [4.69, 9.17) is 18.8 Å². The number of nitrogens with zero attached hydrogens (tertiary/aromatic N) is 3. The normalized spacial score (nSPS) is 20.3. The Morgan fingerprint density at radius 2 is 1.69 bits per heavy atom. The lowest BCUT2D eigenvalue weighted by Gasteiger charge is -2.32. The van der Waals surface area contributed by atoms with E-state index in [-0.39, 0.29) is 42.9 Å². The zero-order chi connectivity index (χ0) is 40.9. The smallest absolute Gasteiger partial charge is 0.476 e. The van der Waals surface area contributed by atoms with Crippen molar-refractivity contribution in [2.75, 3.05) is 40.3 Å². The second-order valence-electron chi connectivity index (χ2n) is 16.8. The molecule has 0 saturated carbocycles. The summed E-state index contributed by atoms with van der Waals surface area (Å²) in [6.07, 6.45) is 0.353. The summed E-state index contributed by atoms with van der Waals surface area (Å²) in [5.41, 5.74) is 1.69. The second-order valence-corrected chi connectivity index (χ2v) is 16.8. The van der Waals surface area contributed by atoms with E-state index in [0.29, 0.717) is 23.3 Å². The van der Waals surface area contributed by atoms with Crippen LogP contribution in [0.5, 0.6) is 5.88 Å². The molecule has 0 radical (unpaired) electrons. The molecule has 2 aliphatic rings. The number of carbonyl (C=O) groups excluding carboxylic acids is 2. The number of alkyl halides is 3. The van der Waals surface area contributed by atoms with Crippen LogP contribution in [0.15, 0.2) is 65.3 Å². The van der Waals surface area contributed by atoms with E-state index in [9.17, 15) is 22.8 Å².